The van der Waals surface area contributed by atoms with Gasteiger partial charge in [0.1, 0.15) is 24.7 Å². The average molecular weight is 522 g/mol. The predicted molar refractivity (Wildman–Crippen MR) is 141 cm³/mol. The SMILES string of the molecule is C[C@@H]1CN([C@H](C)CO)C(=O)Cc2cc(NC(=O)Cn3cnnn3)ccc2O[C@@H]1CN(C)Cc1ccccc1. The van der Waals surface area contributed by atoms with E-state index in [1.54, 1.807) is 23.1 Å². The molecule has 2 heterocycles. The molecule has 0 unspecified atom stereocenters. The van der Waals surface area contributed by atoms with Crippen molar-refractivity contribution in [3.8, 4) is 5.75 Å². The van der Waals surface area contributed by atoms with Gasteiger partial charge in [-0.2, -0.15) is 0 Å². The topological polar surface area (TPSA) is 126 Å². The molecule has 0 aliphatic carbocycles. The summed E-state index contributed by atoms with van der Waals surface area (Å²) in [6.07, 6.45) is 1.25. The van der Waals surface area contributed by atoms with Gasteiger partial charge in [-0.3, -0.25) is 14.5 Å². The van der Waals surface area contributed by atoms with Crippen LogP contribution in [0.1, 0.15) is 25.0 Å². The monoisotopic (exact) mass is 521 g/mol. The van der Waals surface area contributed by atoms with Crippen LogP contribution < -0.4 is 10.1 Å². The molecule has 1 aromatic heterocycles. The van der Waals surface area contributed by atoms with Crippen LogP contribution in [0.5, 0.6) is 5.75 Å². The molecule has 0 radical (unpaired) electrons. The van der Waals surface area contributed by atoms with Crippen molar-refractivity contribution in [3.63, 3.8) is 0 Å². The molecule has 1 aliphatic rings. The number of hydrogen-bond donors (Lipinski definition) is 2. The molecule has 2 amide bonds. The second-order valence-electron chi connectivity index (χ2n) is 9.95. The number of tetrazole rings is 1. The van der Waals surface area contributed by atoms with Gasteiger partial charge in [0.2, 0.25) is 11.8 Å². The van der Waals surface area contributed by atoms with Crippen LogP contribution in [0.25, 0.3) is 0 Å². The number of hydrogen-bond acceptors (Lipinski definition) is 8. The van der Waals surface area contributed by atoms with E-state index < -0.39 is 0 Å². The van der Waals surface area contributed by atoms with Crippen molar-refractivity contribution < 1.29 is 19.4 Å². The Bertz CT molecular complexity index is 1210. The number of nitrogens with zero attached hydrogens (tertiary/aromatic N) is 6. The zero-order valence-electron chi connectivity index (χ0n) is 22.0. The third-order valence-corrected chi connectivity index (χ3v) is 6.68. The summed E-state index contributed by atoms with van der Waals surface area (Å²) in [5, 5.41) is 23.5. The number of carbonyl (C=O) groups excluding carboxylic acids is 2. The number of fused-ring (bicyclic) bond motifs is 1. The Morgan fingerprint density at radius 1 is 1.26 bits per heavy atom. The zero-order chi connectivity index (χ0) is 27.1. The summed E-state index contributed by atoms with van der Waals surface area (Å²) in [6.45, 7) is 5.64. The summed E-state index contributed by atoms with van der Waals surface area (Å²) < 4.78 is 7.89. The molecule has 0 spiro atoms. The van der Waals surface area contributed by atoms with E-state index in [2.05, 4.69) is 51.8 Å². The van der Waals surface area contributed by atoms with Crippen molar-refractivity contribution in [1.82, 2.24) is 30.0 Å². The Balaban J connectivity index is 1.57. The van der Waals surface area contributed by atoms with Gasteiger partial charge in [-0.05, 0) is 48.2 Å². The van der Waals surface area contributed by atoms with Crippen molar-refractivity contribution in [2.24, 2.45) is 5.92 Å². The lowest BCUT2D eigenvalue weighted by Gasteiger charge is -2.34. The maximum Gasteiger partial charge on any atom is 0.246 e. The highest BCUT2D eigenvalue weighted by Gasteiger charge is 2.31. The Kier molecular flexibility index (Phi) is 9.03. The minimum atomic E-state index is -0.326. The van der Waals surface area contributed by atoms with Gasteiger partial charge in [0.05, 0.1) is 19.1 Å². The van der Waals surface area contributed by atoms with Gasteiger partial charge in [0.25, 0.3) is 0 Å². The minimum Gasteiger partial charge on any atom is -0.488 e. The molecular weight excluding hydrogens is 486 g/mol. The molecule has 11 nitrogen and oxygen atoms in total. The molecule has 11 heteroatoms. The van der Waals surface area contributed by atoms with Gasteiger partial charge in [-0.25, -0.2) is 4.68 Å². The largest absolute Gasteiger partial charge is 0.488 e. The lowest BCUT2D eigenvalue weighted by atomic mass is 10.0. The third kappa shape index (κ3) is 7.14. The van der Waals surface area contributed by atoms with E-state index in [9.17, 15) is 14.7 Å². The normalized spacial score (nSPS) is 18.7. The van der Waals surface area contributed by atoms with E-state index >= 15 is 0 Å². The molecule has 3 aromatic rings. The molecule has 4 rings (SSSR count). The molecule has 3 atom stereocenters. The van der Waals surface area contributed by atoms with Crippen LogP contribution in [0.15, 0.2) is 54.9 Å². The standard InChI is InChI=1S/C27H35N7O4/c1-19-13-34(20(2)17-35)27(37)12-22-11-23(29-26(36)16-33-18-28-30-31-33)9-10-24(22)38-25(19)15-32(3)14-21-7-5-4-6-8-21/h4-11,18-20,25,35H,12-17H2,1-3H3,(H,29,36)/t19-,20-,25-/m1/s1. The van der Waals surface area contributed by atoms with E-state index in [1.165, 1.54) is 16.6 Å². The van der Waals surface area contributed by atoms with Gasteiger partial charge in [0.15, 0.2) is 0 Å². The number of amides is 2. The smallest absolute Gasteiger partial charge is 0.246 e. The van der Waals surface area contributed by atoms with E-state index in [4.69, 9.17) is 4.74 Å². The van der Waals surface area contributed by atoms with Gasteiger partial charge in [-0.15, -0.1) is 5.10 Å². The van der Waals surface area contributed by atoms with E-state index in [0.29, 0.717) is 30.1 Å². The number of rotatable bonds is 9. The highest BCUT2D eigenvalue weighted by molar-refractivity contribution is 5.91. The van der Waals surface area contributed by atoms with Crippen molar-refractivity contribution in [2.75, 3.05) is 32.1 Å². The quantitative estimate of drug-likeness (QED) is 0.435. The van der Waals surface area contributed by atoms with Crippen LogP contribution in [0.3, 0.4) is 0 Å². The predicted octanol–water partition coefficient (Wildman–Crippen LogP) is 1.59. The molecular formula is C27H35N7O4. The third-order valence-electron chi connectivity index (χ3n) is 6.68. The number of likely N-dealkylation sites (N-methyl/N-ethyl adjacent to an activating group) is 1. The van der Waals surface area contributed by atoms with Crippen molar-refractivity contribution >= 4 is 17.5 Å². The Hall–Kier alpha value is -3.83. The minimum absolute atomic E-state index is 0.00722. The molecule has 38 heavy (non-hydrogen) atoms. The first-order valence-corrected chi connectivity index (χ1v) is 12.8. The number of ether oxygens (including phenoxy) is 1. The van der Waals surface area contributed by atoms with Gasteiger partial charge in [0, 0.05) is 36.8 Å². The molecule has 202 valence electrons. The molecule has 0 bridgehead atoms. The summed E-state index contributed by atoms with van der Waals surface area (Å²) in [4.78, 5) is 29.8. The van der Waals surface area contributed by atoms with E-state index in [0.717, 1.165) is 6.54 Å². The van der Waals surface area contributed by atoms with Crippen molar-refractivity contribution in [3.05, 3.63) is 66.0 Å². The molecule has 2 aromatic carbocycles. The first-order valence-electron chi connectivity index (χ1n) is 12.8. The fourth-order valence-electron chi connectivity index (χ4n) is 4.59. The summed E-state index contributed by atoms with van der Waals surface area (Å²) in [7, 11) is 2.05. The lowest BCUT2D eigenvalue weighted by molar-refractivity contribution is -0.134. The Morgan fingerprint density at radius 3 is 2.76 bits per heavy atom. The second kappa shape index (κ2) is 12.6. The van der Waals surface area contributed by atoms with E-state index in [1.807, 2.05) is 25.1 Å². The molecule has 0 saturated carbocycles. The average Bonchev–Trinajstić information content (AvgIpc) is 3.41. The summed E-state index contributed by atoms with van der Waals surface area (Å²) in [5.41, 5.74) is 2.43. The lowest BCUT2D eigenvalue weighted by Crippen LogP contribution is -2.47. The Labute approximate surface area is 222 Å². The zero-order valence-corrected chi connectivity index (χ0v) is 22.0. The summed E-state index contributed by atoms with van der Waals surface area (Å²) >= 11 is 0. The molecule has 2 N–H and O–H groups in total. The highest BCUT2D eigenvalue weighted by atomic mass is 16.5. The van der Waals surface area contributed by atoms with Gasteiger partial charge < -0.3 is 20.1 Å². The number of aliphatic hydroxyl groups is 1. The Morgan fingerprint density at radius 2 is 2.05 bits per heavy atom. The number of nitrogens with one attached hydrogen (secondary N) is 1. The van der Waals surface area contributed by atoms with Crippen LogP contribution in [-0.4, -0.2) is 85.8 Å². The number of aromatic nitrogens is 4. The molecule has 0 saturated heterocycles. The molecule has 1 aliphatic heterocycles. The summed E-state index contributed by atoms with van der Waals surface area (Å²) in [5.74, 6) is 0.226. The fourth-order valence-corrected chi connectivity index (χ4v) is 4.59. The van der Waals surface area contributed by atoms with Crippen molar-refractivity contribution in [2.45, 2.75) is 45.5 Å². The van der Waals surface area contributed by atoms with Crippen LogP contribution in [0.4, 0.5) is 5.69 Å². The van der Waals surface area contributed by atoms with Gasteiger partial charge in [-0.1, -0.05) is 37.3 Å². The van der Waals surface area contributed by atoms with Crippen LogP contribution in [0.2, 0.25) is 0 Å². The number of carbonyl (C=O) groups is 2. The maximum absolute atomic E-state index is 13.4. The molecule has 0 fully saturated rings. The van der Waals surface area contributed by atoms with Crippen molar-refractivity contribution in [1.29, 1.82) is 0 Å². The number of benzene rings is 2. The van der Waals surface area contributed by atoms with Crippen LogP contribution in [0, 0.1) is 5.92 Å². The highest BCUT2D eigenvalue weighted by Crippen LogP contribution is 2.29. The first-order chi connectivity index (χ1) is 18.3. The summed E-state index contributed by atoms with van der Waals surface area (Å²) in [6, 6.07) is 15.3. The van der Waals surface area contributed by atoms with Gasteiger partial charge >= 0.3 is 0 Å². The second-order valence-corrected chi connectivity index (χ2v) is 9.95. The first kappa shape index (κ1) is 27.2. The number of aliphatic hydroxyl groups excluding tert-OH is 1. The maximum atomic E-state index is 13.4. The number of anilines is 1. The van der Waals surface area contributed by atoms with E-state index in [-0.39, 0.29) is 49.5 Å². The fraction of sp³-hybridized carbons (Fsp3) is 0.444. The van der Waals surface area contributed by atoms with Crippen LogP contribution in [-0.2, 0) is 29.1 Å². The van der Waals surface area contributed by atoms with Crippen LogP contribution >= 0.6 is 0 Å².